The van der Waals surface area contributed by atoms with Gasteiger partial charge in [0.05, 0.1) is 19.8 Å². The number of hydrogen-bond donors (Lipinski definition) is 4. The number of benzene rings is 2. The van der Waals surface area contributed by atoms with Crippen molar-refractivity contribution in [1.82, 2.24) is 5.32 Å². The fraction of sp³-hybridized carbons (Fsp3) is 0.368. The number of aliphatic hydroxyl groups excluding tert-OH is 2. The number of aliphatic hydroxyl groups is 2. The largest absolute Gasteiger partial charge is 0.508 e. The summed E-state index contributed by atoms with van der Waals surface area (Å²) in [6, 6.07) is 12.9. The maximum atomic E-state index is 10.3. The molecule has 2 aromatic rings. The Morgan fingerprint density at radius 3 is 2.46 bits per heavy atom. The van der Waals surface area contributed by atoms with E-state index in [1.54, 1.807) is 19.2 Å². The molecule has 0 aliphatic rings. The summed E-state index contributed by atoms with van der Waals surface area (Å²) in [5.41, 5.74) is 2.27. The minimum atomic E-state index is -0.700. The molecule has 0 aliphatic carbocycles. The summed E-state index contributed by atoms with van der Waals surface area (Å²) in [5.74, 6) is 0.871. The van der Waals surface area contributed by atoms with Crippen molar-refractivity contribution in [2.75, 3.05) is 13.7 Å². The Hall–Kier alpha value is -2.08. The maximum Gasteiger partial charge on any atom is 0.121 e. The van der Waals surface area contributed by atoms with Crippen molar-refractivity contribution in [3.63, 3.8) is 0 Å². The van der Waals surface area contributed by atoms with Crippen molar-refractivity contribution >= 4 is 0 Å². The molecule has 0 aromatic heterocycles. The van der Waals surface area contributed by atoms with E-state index < -0.39 is 6.10 Å². The van der Waals surface area contributed by atoms with Crippen LogP contribution in [0.15, 0.2) is 42.5 Å². The molecule has 5 nitrogen and oxygen atoms in total. The fourth-order valence-electron chi connectivity index (χ4n) is 2.56. The first-order chi connectivity index (χ1) is 11.5. The van der Waals surface area contributed by atoms with Crippen LogP contribution in [-0.4, -0.2) is 35.0 Å². The van der Waals surface area contributed by atoms with Gasteiger partial charge in [-0.3, -0.25) is 0 Å². The van der Waals surface area contributed by atoms with E-state index in [2.05, 4.69) is 12.2 Å². The third-order valence-electron chi connectivity index (χ3n) is 4.02. The van der Waals surface area contributed by atoms with Gasteiger partial charge in [0.15, 0.2) is 0 Å². The summed E-state index contributed by atoms with van der Waals surface area (Å²) in [4.78, 5) is 0. The third kappa shape index (κ3) is 4.96. The van der Waals surface area contributed by atoms with Gasteiger partial charge in [-0.05, 0) is 48.7 Å². The first kappa shape index (κ1) is 18.3. The molecule has 5 heteroatoms. The zero-order valence-corrected chi connectivity index (χ0v) is 14.1. The van der Waals surface area contributed by atoms with Crippen molar-refractivity contribution in [1.29, 1.82) is 0 Å². The molecule has 0 spiro atoms. The second-order valence-corrected chi connectivity index (χ2v) is 5.92. The minimum absolute atomic E-state index is 0.0364. The quantitative estimate of drug-likeness (QED) is 0.596. The lowest BCUT2D eigenvalue weighted by molar-refractivity contribution is 0.170. The average Bonchev–Trinajstić information content (AvgIpc) is 2.60. The number of phenols is 1. The predicted octanol–water partition coefficient (Wildman–Crippen LogP) is 2.15. The van der Waals surface area contributed by atoms with Gasteiger partial charge in [0.25, 0.3) is 0 Å². The highest BCUT2D eigenvalue weighted by Gasteiger charge is 2.12. The van der Waals surface area contributed by atoms with E-state index in [9.17, 15) is 15.3 Å². The van der Waals surface area contributed by atoms with Crippen molar-refractivity contribution in [3.05, 3.63) is 59.2 Å². The Morgan fingerprint density at radius 1 is 1.12 bits per heavy atom. The first-order valence-electron chi connectivity index (χ1n) is 8.00. The van der Waals surface area contributed by atoms with E-state index in [0.29, 0.717) is 17.7 Å². The molecule has 0 aliphatic heterocycles. The van der Waals surface area contributed by atoms with E-state index in [1.165, 1.54) is 11.6 Å². The van der Waals surface area contributed by atoms with Crippen LogP contribution in [-0.2, 0) is 13.0 Å². The molecule has 0 saturated heterocycles. The van der Waals surface area contributed by atoms with Gasteiger partial charge in [0.1, 0.15) is 11.5 Å². The molecule has 24 heavy (non-hydrogen) atoms. The zero-order chi connectivity index (χ0) is 17.5. The molecular formula is C19H25NO4. The monoisotopic (exact) mass is 331 g/mol. The maximum absolute atomic E-state index is 10.3. The van der Waals surface area contributed by atoms with Gasteiger partial charge in [0.2, 0.25) is 0 Å². The van der Waals surface area contributed by atoms with E-state index >= 15 is 0 Å². The summed E-state index contributed by atoms with van der Waals surface area (Å²) in [7, 11) is 1.64. The summed E-state index contributed by atoms with van der Waals surface area (Å²) in [5, 5.41) is 32.3. The smallest absolute Gasteiger partial charge is 0.121 e. The Balaban J connectivity index is 1.87. The number of hydrogen-bond acceptors (Lipinski definition) is 5. The topological polar surface area (TPSA) is 82.0 Å². The molecular weight excluding hydrogens is 306 g/mol. The summed E-state index contributed by atoms with van der Waals surface area (Å²) >= 11 is 0. The number of methoxy groups -OCH3 is 1. The van der Waals surface area contributed by atoms with Crippen LogP contribution in [0, 0.1) is 0 Å². The SMILES string of the molecule is COc1ccc(C[C@@H](C)NC[C@@H](O)c2ccc(O)c(CO)c2)cc1. The molecule has 0 radical (unpaired) electrons. The molecule has 2 atom stereocenters. The van der Waals surface area contributed by atoms with E-state index in [4.69, 9.17) is 4.74 Å². The Labute approximate surface area is 142 Å². The van der Waals surface area contributed by atoms with Crippen LogP contribution < -0.4 is 10.1 Å². The van der Waals surface area contributed by atoms with Crippen LogP contribution in [0.1, 0.15) is 29.7 Å². The summed E-state index contributed by atoms with van der Waals surface area (Å²) in [6.07, 6.45) is 0.142. The summed E-state index contributed by atoms with van der Waals surface area (Å²) < 4.78 is 5.15. The number of nitrogens with one attached hydrogen (secondary N) is 1. The molecule has 2 aromatic carbocycles. The van der Waals surface area contributed by atoms with Gasteiger partial charge in [-0.2, -0.15) is 0 Å². The number of rotatable bonds is 8. The van der Waals surface area contributed by atoms with Gasteiger partial charge in [-0.15, -0.1) is 0 Å². The lowest BCUT2D eigenvalue weighted by atomic mass is 10.0. The van der Waals surface area contributed by atoms with Crippen molar-refractivity contribution in [2.24, 2.45) is 0 Å². The lowest BCUT2D eigenvalue weighted by Gasteiger charge is -2.18. The highest BCUT2D eigenvalue weighted by molar-refractivity contribution is 5.36. The van der Waals surface area contributed by atoms with E-state index in [0.717, 1.165) is 12.2 Å². The second-order valence-electron chi connectivity index (χ2n) is 5.92. The van der Waals surface area contributed by atoms with Crippen molar-refractivity contribution < 1.29 is 20.1 Å². The molecule has 0 bridgehead atoms. The molecule has 4 N–H and O–H groups in total. The van der Waals surface area contributed by atoms with Crippen molar-refractivity contribution in [3.8, 4) is 11.5 Å². The molecule has 0 heterocycles. The Bertz CT molecular complexity index is 642. The van der Waals surface area contributed by atoms with Gasteiger partial charge >= 0.3 is 0 Å². The normalized spacial score (nSPS) is 13.5. The Kier molecular flexibility index (Phi) is 6.61. The Morgan fingerprint density at radius 2 is 1.83 bits per heavy atom. The van der Waals surface area contributed by atoms with Gasteiger partial charge < -0.3 is 25.4 Å². The van der Waals surface area contributed by atoms with E-state index in [1.807, 2.05) is 24.3 Å². The molecule has 0 amide bonds. The van der Waals surface area contributed by atoms with Crippen LogP contribution in [0.3, 0.4) is 0 Å². The highest BCUT2D eigenvalue weighted by Crippen LogP contribution is 2.22. The zero-order valence-electron chi connectivity index (χ0n) is 14.1. The molecule has 0 unspecified atom stereocenters. The van der Waals surface area contributed by atoms with Crippen LogP contribution >= 0.6 is 0 Å². The van der Waals surface area contributed by atoms with Gasteiger partial charge in [0, 0.05) is 18.2 Å². The van der Waals surface area contributed by atoms with Gasteiger partial charge in [-0.1, -0.05) is 18.2 Å². The number of aromatic hydroxyl groups is 1. The molecule has 130 valence electrons. The molecule has 2 rings (SSSR count). The van der Waals surface area contributed by atoms with Crippen molar-refractivity contribution in [2.45, 2.75) is 32.1 Å². The number of ether oxygens (including phenoxy) is 1. The third-order valence-corrected chi connectivity index (χ3v) is 4.02. The fourth-order valence-corrected chi connectivity index (χ4v) is 2.56. The second kappa shape index (κ2) is 8.68. The van der Waals surface area contributed by atoms with Crippen LogP contribution in [0.5, 0.6) is 11.5 Å². The molecule has 0 saturated carbocycles. The average molecular weight is 331 g/mol. The highest BCUT2D eigenvalue weighted by atomic mass is 16.5. The summed E-state index contributed by atoms with van der Waals surface area (Å²) in [6.45, 7) is 2.20. The minimum Gasteiger partial charge on any atom is -0.508 e. The lowest BCUT2D eigenvalue weighted by Crippen LogP contribution is -2.32. The predicted molar refractivity (Wildman–Crippen MR) is 93.2 cm³/mol. The molecule has 0 fully saturated rings. The first-order valence-corrected chi connectivity index (χ1v) is 8.00. The van der Waals surface area contributed by atoms with E-state index in [-0.39, 0.29) is 18.4 Å². The standard InChI is InChI=1S/C19H25NO4/c1-13(9-14-3-6-17(24-2)7-4-14)20-11-19(23)15-5-8-18(22)16(10-15)12-21/h3-8,10,13,19-23H,9,11-12H2,1-2H3/t13-,19-/m1/s1. The van der Waals surface area contributed by atoms with Crippen LogP contribution in [0.25, 0.3) is 0 Å². The van der Waals surface area contributed by atoms with Gasteiger partial charge in [-0.25, -0.2) is 0 Å². The van der Waals surface area contributed by atoms with Crippen LogP contribution in [0.2, 0.25) is 0 Å². The van der Waals surface area contributed by atoms with Crippen LogP contribution in [0.4, 0.5) is 0 Å².